The van der Waals surface area contributed by atoms with Crippen molar-refractivity contribution in [1.29, 1.82) is 0 Å². The number of nitrogens with two attached hydrogens (primary N) is 1. The predicted octanol–water partition coefficient (Wildman–Crippen LogP) is 3.15. The molecule has 0 spiro atoms. The summed E-state index contributed by atoms with van der Waals surface area (Å²) in [7, 11) is 0. The van der Waals surface area contributed by atoms with Crippen LogP contribution in [0.2, 0.25) is 0 Å². The molecule has 0 saturated carbocycles. The van der Waals surface area contributed by atoms with Crippen LogP contribution < -0.4 is 11.1 Å². The number of hydrogen-bond donors (Lipinski definition) is 2. The zero-order valence-electron chi connectivity index (χ0n) is 13.8. The molecule has 1 aromatic rings. The number of nitrogens with one attached hydrogen (secondary N) is 1. The first kappa shape index (κ1) is 19.9. The number of carbonyl (C=O) groups is 1. The fraction of sp³-hybridized carbons (Fsp3) is 0.588. The Morgan fingerprint density at radius 1 is 1.29 bits per heavy atom. The molecule has 1 amide bonds. The number of rotatable bonds is 6. The Labute approximate surface area is 135 Å². The van der Waals surface area contributed by atoms with Crippen LogP contribution in [0.3, 0.4) is 0 Å². The van der Waals surface area contributed by atoms with Crippen LogP contribution in [0.5, 0.6) is 0 Å². The summed E-state index contributed by atoms with van der Waals surface area (Å²) in [5.41, 5.74) is 9.77. The number of hydrogen-bond acceptors (Lipinski definition) is 2. The fourth-order valence-electron chi connectivity index (χ4n) is 2.31. The van der Waals surface area contributed by atoms with E-state index < -0.39 is 6.04 Å². The maximum absolute atomic E-state index is 12.0. The Balaban J connectivity index is 0.00000400. The molecule has 21 heavy (non-hydrogen) atoms. The number of amides is 1. The van der Waals surface area contributed by atoms with E-state index in [-0.39, 0.29) is 30.3 Å². The molecule has 0 bridgehead atoms. The number of aryl methyl sites for hydroxylation is 2. The maximum atomic E-state index is 12.0. The Morgan fingerprint density at radius 3 is 2.43 bits per heavy atom. The highest BCUT2D eigenvalue weighted by atomic mass is 35.5. The van der Waals surface area contributed by atoms with Crippen molar-refractivity contribution in [3.8, 4) is 0 Å². The molecular weight excluding hydrogens is 284 g/mol. The number of carbonyl (C=O) groups excluding carboxylic acids is 1. The van der Waals surface area contributed by atoms with Crippen molar-refractivity contribution in [1.82, 2.24) is 5.32 Å². The van der Waals surface area contributed by atoms with Gasteiger partial charge in [0.2, 0.25) is 5.91 Å². The lowest BCUT2D eigenvalue weighted by Crippen LogP contribution is -2.48. The molecule has 120 valence electrons. The first-order valence-electron chi connectivity index (χ1n) is 7.47. The predicted molar refractivity (Wildman–Crippen MR) is 91.9 cm³/mol. The van der Waals surface area contributed by atoms with Crippen molar-refractivity contribution >= 4 is 18.3 Å². The van der Waals surface area contributed by atoms with Crippen LogP contribution in [0.25, 0.3) is 0 Å². The minimum Gasteiger partial charge on any atom is -0.352 e. The summed E-state index contributed by atoms with van der Waals surface area (Å²) in [4.78, 5) is 12.0. The summed E-state index contributed by atoms with van der Waals surface area (Å²) in [5, 5.41) is 3.02. The molecular formula is C17H29ClN2O. The average Bonchev–Trinajstić information content (AvgIpc) is 2.40. The Hall–Kier alpha value is -1.06. The number of benzene rings is 1. The zero-order valence-corrected chi connectivity index (χ0v) is 14.6. The monoisotopic (exact) mass is 312 g/mol. The lowest BCUT2D eigenvalue weighted by molar-refractivity contribution is -0.124. The average molecular weight is 313 g/mol. The molecule has 0 aliphatic carbocycles. The van der Waals surface area contributed by atoms with E-state index in [0.29, 0.717) is 0 Å². The van der Waals surface area contributed by atoms with E-state index in [0.717, 1.165) is 12.8 Å². The zero-order chi connectivity index (χ0) is 15.3. The van der Waals surface area contributed by atoms with Gasteiger partial charge in [-0.25, -0.2) is 0 Å². The molecule has 3 nitrogen and oxygen atoms in total. The maximum Gasteiger partial charge on any atom is 0.237 e. The minimum atomic E-state index is -0.415. The van der Waals surface area contributed by atoms with Crippen LogP contribution >= 0.6 is 12.4 Å². The molecule has 0 aromatic heterocycles. The third kappa shape index (κ3) is 6.06. The third-order valence-electron chi connectivity index (χ3n) is 3.97. The summed E-state index contributed by atoms with van der Waals surface area (Å²) in [5.74, 6) is 0.167. The van der Waals surface area contributed by atoms with Gasteiger partial charge in [-0.3, -0.25) is 4.79 Å². The van der Waals surface area contributed by atoms with E-state index in [1.54, 1.807) is 0 Å². The van der Waals surface area contributed by atoms with E-state index in [9.17, 15) is 4.79 Å². The molecule has 0 aliphatic heterocycles. The molecule has 3 N–H and O–H groups in total. The standard InChI is InChI=1S/C17H28N2O.ClH/c1-6-12(3)16(18)17(20)19-14(5)10-15-8-7-11(2)9-13(15)4;/h7-9,12,14,16H,6,10,18H2,1-5H3,(H,19,20);1H. The molecule has 4 heteroatoms. The molecule has 0 saturated heterocycles. The number of halogens is 1. The van der Waals surface area contributed by atoms with Gasteiger partial charge < -0.3 is 11.1 Å². The lowest BCUT2D eigenvalue weighted by Gasteiger charge is -2.21. The molecule has 3 unspecified atom stereocenters. The SMILES string of the molecule is CCC(C)C(N)C(=O)NC(C)Cc1ccc(C)cc1C.Cl. The summed E-state index contributed by atoms with van der Waals surface area (Å²) in [6.07, 6.45) is 1.76. The van der Waals surface area contributed by atoms with Crippen LogP contribution in [-0.4, -0.2) is 18.0 Å². The smallest absolute Gasteiger partial charge is 0.237 e. The first-order chi connectivity index (χ1) is 9.35. The third-order valence-corrected chi connectivity index (χ3v) is 3.97. The molecule has 0 heterocycles. The second-order valence-electron chi connectivity index (χ2n) is 5.96. The Morgan fingerprint density at radius 2 is 1.90 bits per heavy atom. The fourth-order valence-corrected chi connectivity index (χ4v) is 2.31. The highest BCUT2D eigenvalue weighted by Gasteiger charge is 2.20. The van der Waals surface area contributed by atoms with Crippen molar-refractivity contribution < 1.29 is 4.79 Å². The summed E-state index contributed by atoms with van der Waals surface area (Å²) >= 11 is 0. The van der Waals surface area contributed by atoms with Gasteiger partial charge in [0.25, 0.3) is 0 Å². The van der Waals surface area contributed by atoms with Gasteiger partial charge in [-0.05, 0) is 44.2 Å². The summed E-state index contributed by atoms with van der Waals surface area (Å²) < 4.78 is 0. The van der Waals surface area contributed by atoms with Crippen molar-refractivity contribution in [2.75, 3.05) is 0 Å². The van der Waals surface area contributed by atoms with E-state index in [4.69, 9.17) is 5.73 Å². The van der Waals surface area contributed by atoms with Crippen LogP contribution in [0.15, 0.2) is 18.2 Å². The molecule has 0 aliphatic rings. The molecule has 1 aromatic carbocycles. The normalized spacial score (nSPS) is 14.8. The van der Waals surface area contributed by atoms with Crippen LogP contribution in [-0.2, 0) is 11.2 Å². The van der Waals surface area contributed by atoms with Gasteiger partial charge in [0.05, 0.1) is 6.04 Å². The second-order valence-corrected chi connectivity index (χ2v) is 5.96. The van der Waals surface area contributed by atoms with Gasteiger partial charge in [-0.1, -0.05) is 44.0 Å². The van der Waals surface area contributed by atoms with Crippen molar-refractivity contribution in [2.24, 2.45) is 11.7 Å². The quantitative estimate of drug-likeness (QED) is 0.848. The largest absolute Gasteiger partial charge is 0.352 e. The van der Waals surface area contributed by atoms with E-state index >= 15 is 0 Å². The van der Waals surface area contributed by atoms with E-state index in [1.165, 1.54) is 16.7 Å². The minimum absolute atomic E-state index is 0. The summed E-state index contributed by atoms with van der Waals surface area (Å²) in [6, 6.07) is 6.11. The van der Waals surface area contributed by atoms with Crippen molar-refractivity contribution in [3.63, 3.8) is 0 Å². The van der Waals surface area contributed by atoms with Gasteiger partial charge in [0, 0.05) is 6.04 Å². The topological polar surface area (TPSA) is 55.1 Å². The summed E-state index contributed by atoms with van der Waals surface area (Å²) in [6.45, 7) is 10.3. The Bertz CT molecular complexity index is 462. The van der Waals surface area contributed by atoms with Crippen LogP contribution in [0.1, 0.15) is 43.9 Å². The molecule has 3 atom stereocenters. The molecule has 0 fully saturated rings. The highest BCUT2D eigenvalue weighted by molar-refractivity contribution is 5.85. The van der Waals surface area contributed by atoms with Gasteiger partial charge in [-0.2, -0.15) is 0 Å². The molecule has 0 radical (unpaired) electrons. The lowest BCUT2D eigenvalue weighted by atomic mass is 9.97. The second kappa shape index (κ2) is 9.06. The van der Waals surface area contributed by atoms with Gasteiger partial charge >= 0.3 is 0 Å². The molecule has 1 rings (SSSR count). The van der Waals surface area contributed by atoms with Crippen molar-refractivity contribution in [3.05, 3.63) is 34.9 Å². The van der Waals surface area contributed by atoms with Gasteiger partial charge in [-0.15, -0.1) is 12.4 Å². The van der Waals surface area contributed by atoms with Crippen molar-refractivity contribution in [2.45, 2.75) is 59.5 Å². The van der Waals surface area contributed by atoms with Gasteiger partial charge in [0.1, 0.15) is 0 Å². The van der Waals surface area contributed by atoms with Crippen LogP contribution in [0.4, 0.5) is 0 Å². The van der Waals surface area contributed by atoms with E-state index in [2.05, 4.69) is 44.3 Å². The van der Waals surface area contributed by atoms with Gasteiger partial charge in [0.15, 0.2) is 0 Å². The highest BCUT2D eigenvalue weighted by Crippen LogP contribution is 2.13. The first-order valence-corrected chi connectivity index (χ1v) is 7.47. The Kier molecular flexibility index (Phi) is 8.60. The van der Waals surface area contributed by atoms with Crippen LogP contribution in [0, 0.1) is 19.8 Å². The van der Waals surface area contributed by atoms with E-state index in [1.807, 2.05) is 13.8 Å².